The van der Waals surface area contributed by atoms with Gasteiger partial charge in [0.2, 0.25) is 0 Å². The van der Waals surface area contributed by atoms with Gasteiger partial charge in [0.15, 0.2) is 0 Å². The molecule has 1 N–H and O–H groups in total. The maximum atomic E-state index is 13.0. The first-order valence-corrected chi connectivity index (χ1v) is 8.55. The van der Waals surface area contributed by atoms with Gasteiger partial charge in [0.1, 0.15) is 0 Å². The van der Waals surface area contributed by atoms with E-state index in [-0.39, 0.29) is 5.52 Å². The lowest BCUT2D eigenvalue weighted by atomic mass is 9.90. The fourth-order valence-electron chi connectivity index (χ4n) is 3.67. The summed E-state index contributed by atoms with van der Waals surface area (Å²) in [6.07, 6.45) is -2.74. The van der Waals surface area contributed by atoms with Crippen molar-refractivity contribution in [3.63, 3.8) is 0 Å². The summed E-state index contributed by atoms with van der Waals surface area (Å²) < 4.78 is 40.4. The molecule has 0 radical (unpaired) electrons. The molecule has 1 saturated heterocycles. The summed E-state index contributed by atoms with van der Waals surface area (Å²) in [7, 11) is 0. The summed E-state index contributed by atoms with van der Waals surface area (Å²) in [6.45, 7) is 1.23. The third-order valence-electron chi connectivity index (χ3n) is 5.01. The van der Waals surface area contributed by atoms with Gasteiger partial charge < -0.3 is 9.99 Å². The number of hydrogen-bond donors (Lipinski definition) is 1. The van der Waals surface area contributed by atoms with Crippen LogP contribution in [0.2, 0.25) is 0 Å². The average Bonchev–Trinajstić information content (AvgIpc) is 2.97. The van der Waals surface area contributed by atoms with Crippen LogP contribution in [0.15, 0.2) is 53.3 Å². The van der Waals surface area contributed by atoms with Crippen LogP contribution in [0.1, 0.15) is 29.9 Å². The second-order valence-electron chi connectivity index (χ2n) is 6.61. The van der Waals surface area contributed by atoms with Gasteiger partial charge in [-0.25, -0.2) is 9.47 Å². The minimum atomic E-state index is -4.44. The smallest absolute Gasteiger partial charge is 0.308 e. The van der Waals surface area contributed by atoms with Gasteiger partial charge in [0.05, 0.1) is 16.6 Å². The van der Waals surface area contributed by atoms with Crippen LogP contribution >= 0.6 is 0 Å². The number of aromatic amines is 1. The van der Waals surface area contributed by atoms with Gasteiger partial charge in [-0.3, -0.25) is 0 Å². The van der Waals surface area contributed by atoms with Crippen molar-refractivity contribution in [2.75, 3.05) is 18.1 Å². The zero-order valence-electron chi connectivity index (χ0n) is 14.0. The predicted molar refractivity (Wildman–Crippen MR) is 93.9 cm³/mol. The topological polar surface area (TPSA) is 41.0 Å². The molecule has 1 aliphatic rings. The number of nitrogens with one attached hydrogen (secondary N) is 1. The molecule has 1 fully saturated rings. The summed E-state index contributed by atoms with van der Waals surface area (Å²) >= 11 is 0. The lowest BCUT2D eigenvalue weighted by molar-refractivity contribution is -0.137. The van der Waals surface area contributed by atoms with Gasteiger partial charge in [0.25, 0.3) is 0 Å². The largest absolute Gasteiger partial charge is 0.416 e. The average molecular weight is 361 g/mol. The molecule has 0 spiro atoms. The van der Waals surface area contributed by atoms with Crippen molar-refractivity contribution in [2.24, 2.45) is 0 Å². The zero-order valence-corrected chi connectivity index (χ0v) is 14.0. The van der Waals surface area contributed by atoms with Crippen LogP contribution in [-0.2, 0) is 6.18 Å². The number of fused-ring (bicyclic) bond motifs is 1. The Labute approximate surface area is 147 Å². The summed E-state index contributed by atoms with van der Waals surface area (Å²) in [5, 5.41) is 1.83. The lowest BCUT2D eigenvalue weighted by Crippen LogP contribution is -2.45. The molecule has 0 unspecified atom stereocenters. The highest BCUT2D eigenvalue weighted by Crippen LogP contribution is 2.32. The highest BCUT2D eigenvalue weighted by molar-refractivity contribution is 5.76. The van der Waals surface area contributed by atoms with Crippen LogP contribution in [-0.4, -0.2) is 22.7 Å². The zero-order chi connectivity index (χ0) is 18.3. The summed E-state index contributed by atoms with van der Waals surface area (Å²) in [5.41, 5.74) is 0.781. The minimum Gasteiger partial charge on any atom is -0.308 e. The van der Waals surface area contributed by atoms with Gasteiger partial charge >= 0.3 is 11.9 Å². The first-order valence-electron chi connectivity index (χ1n) is 8.55. The third-order valence-corrected chi connectivity index (χ3v) is 5.01. The standard InChI is InChI=1S/C19H18F3N3O/c20-19(21,22)15-6-7-16-17(12-15)25(18(26)23-16)24-10-8-14(9-11-24)13-4-2-1-3-5-13/h1-7,12,14H,8-11H2,(H,23,26). The van der Waals surface area contributed by atoms with Gasteiger partial charge in [-0.2, -0.15) is 13.2 Å². The van der Waals surface area contributed by atoms with Crippen LogP contribution in [0.4, 0.5) is 13.2 Å². The van der Waals surface area contributed by atoms with Crippen LogP contribution in [0, 0.1) is 0 Å². The SMILES string of the molecule is O=c1[nH]c2ccc(C(F)(F)F)cc2n1N1CCC(c2ccccc2)CC1. The molecule has 0 bridgehead atoms. The number of benzene rings is 2. The van der Waals surface area contributed by atoms with Gasteiger partial charge in [-0.05, 0) is 42.5 Å². The van der Waals surface area contributed by atoms with Gasteiger partial charge in [-0.15, -0.1) is 0 Å². The molecule has 0 amide bonds. The minimum absolute atomic E-state index is 0.267. The van der Waals surface area contributed by atoms with E-state index in [0.29, 0.717) is 24.5 Å². The quantitative estimate of drug-likeness (QED) is 0.753. The number of H-pyrrole nitrogens is 1. The van der Waals surface area contributed by atoms with Crippen molar-refractivity contribution in [3.05, 3.63) is 70.1 Å². The first-order chi connectivity index (χ1) is 12.4. The number of alkyl halides is 3. The Morgan fingerprint density at radius 2 is 1.69 bits per heavy atom. The molecule has 4 nitrogen and oxygen atoms in total. The van der Waals surface area contributed by atoms with Crippen molar-refractivity contribution in [1.29, 1.82) is 0 Å². The summed E-state index contributed by atoms with van der Waals surface area (Å²) in [4.78, 5) is 15.0. The van der Waals surface area contributed by atoms with E-state index in [9.17, 15) is 18.0 Å². The molecule has 2 aromatic carbocycles. The highest BCUT2D eigenvalue weighted by Gasteiger charge is 2.31. The number of aromatic nitrogens is 2. The van der Waals surface area contributed by atoms with E-state index in [1.165, 1.54) is 16.3 Å². The second-order valence-corrected chi connectivity index (χ2v) is 6.61. The third kappa shape index (κ3) is 2.98. The maximum Gasteiger partial charge on any atom is 0.416 e. The van der Waals surface area contributed by atoms with Crippen LogP contribution in [0.3, 0.4) is 0 Å². The Morgan fingerprint density at radius 3 is 2.35 bits per heavy atom. The number of hydrogen-bond acceptors (Lipinski definition) is 2. The molecule has 0 saturated carbocycles. The van der Waals surface area contributed by atoms with E-state index in [1.807, 2.05) is 23.2 Å². The van der Waals surface area contributed by atoms with Crippen molar-refractivity contribution < 1.29 is 13.2 Å². The van der Waals surface area contributed by atoms with Crippen LogP contribution < -0.4 is 10.7 Å². The van der Waals surface area contributed by atoms with Crippen LogP contribution in [0.5, 0.6) is 0 Å². The normalized spacial score (nSPS) is 16.3. The van der Waals surface area contributed by atoms with E-state index in [4.69, 9.17) is 0 Å². The predicted octanol–water partition coefficient (Wildman–Crippen LogP) is 3.86. The molecule has 26 heavy (non-hydrogen) atoms. The number of halogens is 3. The molecular weight excluding hydrogens is 343 g/mol. The molecule has 0 aliphatic carbocycles. The number of nitrogens with zero attached hydrogens (tertiary/aromatic N) is 2. The van der Waals surface area contributed by atoms with E-state index >= 15 is 0 Å². The molecule has 136 valence electrons. The van der Waals surface area contributed by atoms with E-state index in [2.05, 4.69) is 17.1 Å². The fraction of sp³-hybridized carbons (Fsp3) is 0.316. The van der Waals surface area contributed by atoms with Gasteiger partial charge in [-0.1, -0.05) is 30.3 Å². The van der Waals surface area contributed by atoms with Gasteiger partial charge in [0, 0.05) is 13.1 Å². The second kappa shape index (κ2) is 6.23. The molecule has 4 rings (SSSR count). The van der Waals surface area contributed by atoms with E-state index in [0.717, 1.165) is 25.0 Å². The van der Waals surface area contributed by atoms with Crippen molar-refractivity contribution in [3.8, 4) is 0 Å². The molecule has 7 heteroatoms. The number of imidazole rings is 1. The monoisotopic (exact) mass is 361 g/mol. The van der Waals surface area contributed by atoms with Crippen molar-refractivity contribution >= 4 is 11.0 Å². The molecule has 0 atom stereocenters. The first kappa shape index (κ1) is 16.8. The maximum absolute atomic E-state index is 13.0. The number of piperidine rings is 1. The number of rotatable bonds is 2. The Hall–Kier alpha value is -2.70. The Balaban J connectivity index is 1.63. The Bertz CT molecular complexity index is 967. The van der Waals surface area contributed by atoms with E-state index < -0.39 is 17.4 Å². The summed E-state index contributed by atoms with van der Waals surface area (Å²) in [5.74, 6) is 0.402. The van der Waals surface area contributed by atoms with Crippen molar-refractivity contribution in [2.45, 2.75) is 24.9 Å². The summed E-state index contributed by atoms with van der Waals surface area (Å²) in [6, 6.07) is 13.5. The lowest BCUT2D eigenvalue weighted by Gasteiger charge is -2.34. The molecule has 3 aromatic rings. The fourth-order valence-corrected chi connectivity index (χ4v) is 3.67. The van der Waals surface area contributed by atoms with Crippen molar-refractivity contribution in [1.82, 2.24) is 9.66 Å². The molecule has 2 heterocycles. The Morgan fingerprint density at radius 1 is 1.00 bits per heavy atom. The molecule has 1 aromatic heterocycles. The van der Waals surface area contributed by atoms with Crippen LogP contribution in [0.25, 0.3) is 11.0 Å². The molecular formula is C19H18F3N3O. The molecule has 1 aliphatic heterocycles. The highest BCUT2D eigenvalue weighted by atomic mass is 19.4. The Kier molecular flexibility index (Phi) is 4.01. The van der Waals surface area contributed by atoms with E-state index in [1.54, 1.807) is 0 Å².